The second-order valence-corrected chi connectivity index (χ2v) is 3.48. The molecule has 0 spiro atoms. The molecule has 1 rings (SSSR count). The Kier molecular flexibility index (Phi) is 6.04. The van der Waals surface area contributed by atoms with Gasteiger partial charge in [-0.3, -0.25) is 0 Å². The quantitative estimate of drug-likeness (QED) is 0.858. The van der Waals surface area contributed by atoms with E-state index in [0.29, 0.717) is 12.0 Å². The molecular formula is C13H21FO2. The molecule has 1 atom stereocenters. The number of hydrogen-bond donors (Lipinski definition) is 1. The van der Waals surface area contributed by atoms with Crippen molar-refractivity contribution in [2.75, 3.05) is 7.11 Å². The van der Waals surface area contributed by atoms with Crippen LogP contribution in [0.15, 0.2) is 18.2 Å². The van der Waals surface area contributed by atoms with Gasteiger partial charge in [0.15, 0.2) is 11.6 Å². The summed E-state index contributed by atoms with van der Waals surface area (Å²) in [5.74, 6) is -0.251. The first-order valence-electron chi connectivity index (χ1n) is 5.57. The predicted molar refractivity (Wildman–Crippen MR) is 64.2 cm³/mol. The van der Waals surface area contributed by atoms with Crippen LogP contribution in [0.25, 0.3) is 0 Å². The van der Waals surface area contributed by atoms with Gasteiger partial charge in [0.05, 0.1) is 12.7 Å². The number of benzene rings is 1. The number of methoxy groups -OCH3 is 1. The van der Waals surface area contributed by atoms with E-state index in [1.165, 1.54) is 19.2 Å². The molecule has 0 aromatic heterocycles. The molecule has 16 heavy (non-hydrogen) atoms. The van der Waals surface area contributed by atoms with Gasteiger partial charge in [0, 0.05) is 0 Å². The summed E-state index contributed by atoms with van der Waals surface area (Å²) in [7, 11) is 1.41. The fourth-order valence-electron chi connectivity index (χ4n) is 1.21. The molecule has 0 saturated carbocycles. The summed E-state index contributed by atoms with van der Waals surface area (Å²) in [4.78, 5) is 0. The molecule has 0 fully saturated rings. The molecule has 1 unspecified atom stereocenters. The topological polar surface area (TPSA) is 29.5 Å². The molecule has 0 heterocycles. The van der Waals surface area contributed by atoms with Crippen molar-refractivity contribution in [2.24, 2.45) is 0 Å². The van der Waals surface area contributed by atoms with E-state index >= 15 is 0 Å². The Labute approximate surface area is 97.1 Å². The predicted octanol–water partition coefficient (Wildman–Crippen LogP) is 3.48. The van der Waals surface area contributed by atoms with Gasteiger partial charge in [0.1, 0.15) is 0 Å². The van der Waals surface area contributed by atoms with E-state index < -0.39 is 11.4 Å². The lowest BCUT2D eigenvalue weighted by Gasteiger charge is -2.22. The van der Waals surface area contributed by atoms with E-state index in [1.54, 1.807) is 13.0 Å². The highest BCUT2D eigenvalue weighted by Gasteiger charge is 2.21. The fourth-order valence-corrected chi connectivity index (χ4v) is 1.21. The van der Waals surface area contributed by atoms with Gasteiger partial charge in [-0.25, -0.2) is 4.39 Å². The lowest BCUT2D eigenvalue weighted by Crippen LogP contribution is -2.19. The number of halogens is 1. The van der Waals surface area contributed by atoms with Crippen LogP contribution < -0.4 is 4.74 Å². The van der Waals surface area contributed by atoms with Gasteiger partial charge in [0.25, 0.3) is 0 Å². The minimum Gasteiger partial charge on any atom is -0.494 e. The third-order valence-electron chi connectivity index (χ3n) is 2.46. The number of rotatable bonds is 3. The van der Waals surface area contributed by atoms with Gasteiger partial charge < -0.3 is 9.84 Å². The van der Waals surface area contributed by atoms with Crippen LogP contribution >= 0.6 is 0 Å². The zero-order valence-corrected chi connectivity index (χ0v) is 10.7. The second-order valence-electron chi connectivity index (χ2n) is 3.48. The summed E-state index contributed by atoms with van der Waals surface area (Å²) in [5, 5.41) is 9.88. The Morgan fingerprint density at radius 3 is 2.31 bits per heavy atom. The first kappa shape index (κ1) is 14.9. The highest BCUT2D eigenvalue weighted by atomic mass is 19.1. The molecule has 92 valence electrons. The van der Waals surface area contributed by atoms with Crippen LogP contribution in [0.3, 0.4) is 0 Å². The van der Waals surface area contributed by atoms with E-state index in [2.05, 4.69) is 0 Å². The first-order chi connectivity index (χ1) is 7.51. The molecule has 0 amide bonds. The number of ether oxygens (including phenoxy) is 1. The van der Waals surface area contributed by atoms with Crippen molar-refractivity contribution in [3.63, 3.8) is 0 Å². The molecule has 0 aliphatic rings. The van der Waals surface area contributed by atoms with E-state index in [-0.39, 0.29) is 5.75 Å². The SMILES string of the molecule is CC.CCC(C)(O)c1ccc(OC)c(F)c1. The molecule has 0 aliphatic carbocycles. The summed E-state index contributed by atoms with van der Waals surface area (Å²) < 4.78 is 18.1. The largest absolute Gasteiger partial charge is 0.494 e. The Morgan fingerprint density at radius 2 is 1.94 bits per heavy atom. The van der Waals surface area contributed by atoms with Crippen molar-refractivity contribution in [3.8, 4) is 5.75 Å². The van der Waals surface area contributed by atoms with Gasteiger partial charge in [0.2, 0.25) is 0 Å². The van der Waals surface area contributed by atoms with E-state index in [0.717, 1.165) is 0 Å². The van der Waals surface area contributed by atoms with Crippen LogP contribution in [0.1, 0.15) is 39.7 Å². The Balaban J connectivity index is 0.00000106. The summed E-state index contributed by atoms with van der Waals surface area (Å²) in [6, 6.07) is 4.50. The van der Waals surface area contributed by atoms with E-state index in [9.17, 15) is 9.50 Å². The molecule has 3 heteroatoms. The van der Waals surface area contributed by atoms with Crippen LogP contribution in [0.4, 0.5) is 4.39 Å². The monoisotopic (exact) mass is 228 g/mol. The Bertz CT molecular complexity index is 322. The molecular weight excluding hydrogens is 207 g/mol. The van der Waals surface area contributed by atoms with Gasteiger partial charge in [-0.15, -0.1) is 0 Å². The lowest BCUT2D eigenvalue weighted by molar-refractivity contribution is 0.0527. The van der Waals surface area contributed by atoms with Crippen LogP contribution in [0.2, 0.25) is 0 Å². The van der Waals surface area contributed by atoms with Gasteiger partial charge >= 0.3 is 0 Å². The van der Waals surface area contributed by atoms with Crippen LogP contribution in [0.5, 0.6) is 5.75 Å². The third kappa shape index (κ3) is 3.49. The molecule has 0 radical (unpaired) electrons. The highest BCUT2D eigenvalue weighted by Crippen LogP contribution is 2.27. The molecule has 1 aromatic carbocycles. The number of hydrogen-bond acceptors (Lipinski definition) is 2. The summed E-state index contributed by atoms with van der Waals surface area (Å²) in [6.45, 7) is 7.51. The van der Waals surface area contributed by atoms with Gasteiger partial charge in [-0.1, -0.05) is 26.8 Å². The molecule has 1 N–H and O–H groups in total. The molecule has 0 bridgehead atoms. The van der Waals surface area contributed by atoms with Crippen molar-refractivity contribution in [1.29, 1.82) is 0 Å². The molecule has 0 aliphatic heterocycles. The van der Waals surface area contributed by atoms with Crippen LogP contribution in [-0.2, 0) is 5.60 Å². The second kappa shape index (κ2) is 6.48. The van der Waals surface area contributed by atoms with Gasteiger partial charge in [-0.05, 0) is 31.0 Å². The smallest absolute Gasteiger partial charge is 0.165 e. The maximum Gasteiger partial charge on any atom is 0.165 e. The zero-order chi connectivity index (χ0) is 12.8. The third-order valence-corrected chi connectivity index (χ3v) is 2.46. The highest BCUT2D eigenvalue weighted by molar-refractivity contribution is 5.32. The molecule has 2 nitrogen and oxygen atoms in total. The van der Waals surface area contributed by atoms with Crippen molar-refractivity contribution in [1.82, 2.24) is 0 Å². The standard InChI is InChI=1S/C11H15FO2.C2H6/c1-4-11(2,13)8-5-6-10(14-3)9(12)7-8;1-2/h5-7,13H,4H2,1-3H3;1-2H3. The average Bonchev–Trinajstić information content (AvgIpc) is 2.31. The average molecular weight is 228 g/mol. The number of aliphatic hydroxyl groups is 1. The molecule has 0 saturated heterocycles. The van der Waals surface area contributed by atoms with E-state index in [4.69, 9.17) is 4.74 Å². The fraction of sp³-hybridized carbons (Fsp3) is 0.538. The van der Waals surface area contributed by atoms with Crippen LogP contribution in [-0.4, -0.2) is 12.2 Å². The minimum absolute atomic E-state index is 0.195. The normalized spacial score (nSPS) is 13.4. The van der Waals surface area contributed by atoms with E-state index in [1.807, 2.05) is 20.8 Å². The summed E-state index contributed by atoms with van der Waals surface area (Å²) in [6.07, 6.45) is 0.540. The summed E-state index contributed by atoms with van der Waals surface area (Å²) in [5.41, 5.74) is -0.411. The zero-order valence-electron chi connectivity index (χ0n) is 10.7. The van der Waals surface area contributed by atoms with Crippen molar-refractivity contribution in [2.45, 2.75) is 39.7 Å². The van der Waals surface area contributed by atoms with Crippen LogP contribution in [0, 0.1) is 5.82 Å². The van der Waals surface area contributed by atoms with Gasteiger partial charge in [-0.2, -0.15) is 0 Å². The van der Waals surface area contributed by atoms with Crippen molar-refractivity contribution < 1.29 is 14.2 Å². The Morgan fingerprint density at radius 1 is 1.38 bits per heavy atom. The first-order valence-corrected chi connectivity index (χ1v) is 5.57. The maximum absolute atomic E-state index is 13.3. The lowest BCUT2D eigenvalue weighted by atomic mass is 9.93. The Hall–Kier alpha value is -1.09. The van der Waals surface area contributed by atoms with Crippen molar-refractivity contribution >= 4 is 0 Å². The summed E-state index contributed by atoms with van der Waals surface area (Å²) >= 11 is 0. The maximum atomic E-state index is 13.3. The minimum atomic E-state index is -0.979. The molecule has 1 aromatic rings. The van der Waals surface area contributed by atoms with Crippen molar-refractivity contribution in [3.05, 3.63) is 29.6 Å².